The van der Waals surface area contributed by atoms with Crippen molar-refractivity contribution in [1.29, 1.82) is 0 Å². The van der Waals surface area contributed by atoms with Crippen LogP contribution in [0.2, 0.25) is 0 Å². The zero-order valence-electron chi connectivity index (χ0n) is 32.5. The third-order valence-corrected chi connectivity index (χ3v) is 12.2. The Kier molecular flexibility index (Phi) is 7.72. The van der Waals surface area contributed by atoms with Crippen molar-refractivity contribution in [2.24, 2.45) is 0 Å². The standard InChI is InChI=1S/C56H35N3O/c1-4-16-37(17-5-1)53-57-54(59-55(58-53)40-30-32-45-44-25-11-13-29-49(44)60-50(45)35-40)39-20-14-19-38(34-39)43-27-15-18-36-31-33-48-52(51(36)43)46-26-10-12-28-47(46)56(48,41-21-6-2-7-22-41)42-23-8-3-9-24-42/h1-35H. The summed E-state index contributed by atoms with van der Waals surface area (Å²) in [6, 6.07) is 75.4. The summed E-state index contributed by atoms with van der Waals surface area (Å²) < 4.78 is 6.29. The van der Waals surface area contributed by atoms with Crippen molar-refractivity contribution in [2.45, 2.75) is 5.41 Å². The van der Waals surface area contributed by atoms with Gasteiger partial charge in [-0.05, 0) is 79.5 Å². The van der Waals surface area contributed by atoms with Crippen LogP contribution >= 0.6 is 0 Å². The predicted molar refractivity (Wildman–Crippen MR) is 244 cm³/mol. The van der Waals surface area contributed by atoms with Crippen LogP contribution in [0.25, 0.3) is 89.1 Å². The average molecular weight is 766 g/mol. The lowest BCUT2D eigenvalue weighted by Gasteiger charge is -2.34. The average Bonchev–Trinajstić information content (AvgIpc) is 3.86. The molecule has 2 aromatic heterocycles. The molecule has 2 heterocycles. The predicted octanol–water partition coefficient (Wildman–Crippen LogP) is 14.0. The minimum Gasteiger partial charge on any atom is -0.456 e. The number of fused-ring (bicyclic) bond motifs is 8. The summed E-state index contributed by atoms with van der Waals surface area (Å²) in [4.78, 5) is 15.3. The maximum atomic E-state index is 6.29. The number of para-hydroxylation sites is 1. The molecule has 1 aliphatic rings. The highest BCUT2D eigenvalue weighted by atomic mass is 16.3. The minimum absolute atomic E-state index is 0.488. The maximum absolute atomic E-state index is 6.29. The van der Waals surface area contributed by atoms with E-state index in [9.17, 15) is 0 Å². The van der Waals surface area contributed by atoms with Crippen LogP contribution in [-0.2, 0) is 5.41 Å². The van der Waals surface area contributed by atoms with Gasteiger partial charge < -0.3 is 4.42 Å². The Morgan fingerprint density at radius 2 is 0.917 bits per heavy atom. The van der Waals surface area contributed by atoms with Crippen LogP contribution in [0.4, 0.5) is 0 Å². The second kappa shape index (κ2) is 13.6. The number of hydrogen-bond donors (Lipinski definition) is 0. The molecule has 4 nitrogen and oxygen atoms in total. The smallest absolute Gasteiger partial charge is 0.164 e. The number of rotatable bonds is 6. The molecular formula is C56H35N3O. The highest BCUT2D eigenvalue weighted by molar-refractivity contribution is 6.11. The van der Waals surface area contributed by atoms with E-state index in [1.165, 1.54) is 44.2 Å². The molecule has 0 spiro atoms. The van der Waals surface area contributed by atoms with E-state index in [2.05, 4.69) is 158 Å². The van der Waals surface area contributed by atoms with Gasteiger partial charge in [-0.25, -0.2) is 15.0 Å². The van der Waals surface area contributed by atoms with Crippen molar-refractivity contribution >= 4 is 32.7 Å². The van der Waals surface area contributed by atoms with Crippen molar-refractivity contribution in [3.05, 3.63) is 235 Å². The normalized spacial score (nSPS) is 12.8. The highest BCUT2D eigenvalue weighted by Gasteiger charge is 2.46. The number of furan rings is 1. The van der Waals surface area contributed by atoms with E-state index in [-0.39, 0.29) is 0 Å². The fourth-order valence-corrected chi connectivity index (χ4v) is 9.59. The summed E-state index contributed by atoms with van der Waals surface area (Å²) in [5, 5.41) is 4.58. The van der Waals surface area contributed by atoms with Gasteiger partial charge in [-0.1, -0.05) is 188 Å². The summed E-state index contributed by atoms with van der Waals surface area (Å²) in [6.07, 6.45) is 0. The van der Waals surface area contributed by atoms with Crippen molar-refractivity contribution in [2.75, 3.05) is 0 Å². The fourth-order valence-electron chi connectivity index (χ4n) is 9.59. The first kappa shape index (κ1) is 34.1. The molecule has 11 aromatic rings. The Balaban J connectivity index is 1.06. The van der Waals surface area contributed by atoms with Crippen LogP contribution in [0.3, 0.4) is 0 Å². The minimum atomic E-state index is -0.488. The summed E-state index contributed by atoms with van der Waals surface area (Å²) in [7, 11) is 0. The Morgan fingerprint density at radius 3 is 1.68 bits per heavy atom. The summed E-state index contributed by atoms with van der Waals surface area (Å²) in [5.41, 5.74) is 13.7. The molecule has 0 aliphatic heterocycles. The molecule has 4 heteroatoms. The second-order valence-electron chi connectivity index (χ2n) is 15.5. The molecule has 0 unspecified atom stereocenters. The molecule has 0 saturated carbocycles. The van der Waals surface area contributed by atoms with E-state index in [4.69, 9.17) is 19.4 Å². The molecule has 12 rings (SSSR count). The maximum Gasteiger partial charge on any atom is 0.164 e. The number of aromatic nitrogens is 3. The van der Waals surface area contributed by atoms with Gasteiger partial charge in [0.1, 0.15) is 11.2 Å². The zero-order chi connectivity index (χ0) is 39.6. The number of nitrogens with zero attached hydrogens (tertiary/aromatic N) is 3. The molecule has 0 bridgehead atoms. The largest absolute Gasteiger partial charge is 0.456 e. The first-order valence-electron chi connectivity index (χ1n) is 20.4. The Labute approximate surface area is 347 Å². The quantitative estimate of drug-likeness (QED) is 0.169. The van der Waals surface area contributed by atoms with Gasteiger partial charge >= 0.3 is 0 Å². The van der Waals surface area contributed by atoms with Crippen molar-refractivity contribution in [3.63, 3.8) is 0 Å². The zero-order valence-corrected chi connectivity index (χ0v) is 32.5. The van der Waals surface area contributed by atoms with Crippen LogP contribution in [0, 0.1) is 0 Å². The molecule has 0 amide bonds. The molecule has 0 N–H and O–H groups in total. The SMILES string of the molecule is c1ccc(-c2nc(-c3cccc(-c4cccc5ccc6c(c45)-c4ccccc4C6(c4ccccc4)c4ccccc4)c3)nc(-c3ccc4c(c3)oc3ccccc34)n2)cc1. The Bertz CT molecular complexity index is 3390. The lowest BCUT2D eigenvalue weighted by atomic mass is 9.67. The van der Waals surface area contributed by atoms with E-state index in [0.717, 1.165) is 49.8 Å². The van der Waals surface area contributed by atoms with Gasteiger partial charge in [0.05, 0.1) is 5.41 Å². The third-order valence-electron chi connectivity index (χ3n) is 12.2. The lowest BCUT2D eigenvalue weighted by molar-refractivity contribution is 0.669. The number of benzene rings is 9. The van der Waals surface area contributed by atoms with Gasteiger partial charge in [-0.15, -0.1) is 0 Å². The summed E-state index contributed by atoms with van der Waals surface area (Å²) in [5.74, 6) is 1.81. The molecule has 0 fully saturated rings. The van der Waals surface area contributed by atoms with E-state index < -0.39 is 5.41 Å². The van der Waals surface area contributed by atoms with Gasteiger partial charge in [0.2, 0.25) is 0 Å². The molecule has 0 radical (unpaired) electrons. The van der Waals surface area contributed by atoms with Gasteiger partial charge in [0.25, 0.3) is 0 Å². The van der Waals surface area contributed by atoms with E-state index in [0.29, 0.717) is 17.5 Å². The monoisotopic (exact) mass is 765 g/mol. The van der Waals surface area contributed by atoms with Gasteiger partial charge in [-0.2, -0.15) is 0 Å². The van der Waals surface area contributed by atoms with Crippen molar-refractivity contribution in [3.8, 4) is 56.4 Å². The van der Waals surface area contributed by atoms with E-state index in [1.54, 1.807) is 0 Å². The fraction of sp³-hybridized carbons (Fsp3) is 0.0179. The molecular weight excluding hydrogens is 731 g/mol. The van der Waals surface area contributed by atoms with Crippen LogP contribution in [-0.4, -0.2) is 15.0 Å². The first-order valence-corrected chi connectivity index (χ1v) is 20.4. The summed E-state index contributed by atoms with van der Waals surface area (Å²) >= 11 is 0. The molecule has 280 valence electrons. The van der Waals surface area contributed by atoms with Gasteiger partial charge in [0.15, 0.2) is 17.5 Å². The Morgan fingerprint density at radius 1 is 0.350 bits per heavy atom. The topological polar surface area (TPSA) is 51.8 Å². The third kappa shape index (κ3) is 5.21. The second-order valence-corrected chi connectivity index (χ2v) is 15.5. The van der Waals surface area contributed by atoms with Gasteiger partial charge in [0, 0.05) is 27.5 Å². The van der Waals surface area contributed by atoms with E-state index in [1.807, 2.05) is 54.6 Å². The number of hydrogen-bond acceptors (Lipinski definition) is 4. The molecule has 0 saturated heterocycles. The molecule has 1 aliphatic carbocycles. The lowest BCUT2D eigenvalue weighted by Crippen LogP contribution is -2.28. The Hall–Kier alpha value is -7.95. The van der Waals surface area contributed by atoms with Gasteiger partial charge in [-0.3, -0.25) is 0 Å². The molecule has 9 aromatic carbocycles. The van der Waals surface area contributed by atoms with Crippen LogP contribution in [0.15, 0.2) is 217 Å². The van der Waals surface area contributed by atoms with Crippen LogP contribution in [0.1, 0.15) is 22.3 Å². The first-order chi connectivity index (χ1) is 29.7. The van der Waals surface area contributed by atoms with Crippen molar-refractivity contribution in [1.82, 2.24) is 15.0 Å². The molecule has 60 heavy (non-hydrogen) atoms. The van der Waals surface area contributed by atoms with E-state index >= 15 is 0 Å². The van der Waals surface area contributed by atoms with Crippen LogP contribution in [0.5, 0.6) is 0 Å². The highest BCUT2D eigenvalue weighted by Crippen LogP contribution is 2.58. The molecule has 0 atom stereocenters. The van der Waals surface area contributed by atoms with Crippen LogP contribution < -0.4 is 0 Å². The van der Waals surface area contributed by atoms with Crippen molar-refractivity contribution < 1.29 is 4.42 Å². The summed E-state index contributed by atoms with van der Waals surface area (Å²) in [6.45, 7) is 0.